The predicted octanol–water partition coefficient (Wildman–Crippen LogP) is 3.20. The number of amides is 1. The minimum absolute atomic E-state index is 0.0454. The van der Waals surface area contributed by atoms with E-state index in [-0.39, 0.29) is 11.8 Å². The van der Waals surface area contributed by atoms with Gasteiger partial charge >= 0.3 is 6.01 Å². The third-order valence-corrected chi connectivity index (χ3v) is 6.65. The van der Waals surface area contributed by atoms with Crippen LogP contribution in [0.1, 0.15) is 39.0 Å². The number of carbonyl (C=O) groups excluding carboxylic acids is 1. The van der Waals surface area contributed by atoms with Crippen LogP contribution < -0.4 is 15.0 Å². The zero-order chi connectivity index (χ0) is 22.3. The number of hydrogen-bond acceptors (Lipinski definition) is 7. The van der Waals surface area contributed by atoms with Crippen LogP contribution in [-0.2, 0) is 4.79 Å². The smallest absolute Gasteiger partial charge is 0.324 e. The number of hydrogen-bond donors (Lipinski definition) is 1. The zero-order valence-corrected chi connectivity index (χ0v) is 19.3. The Morgan fingerprint density at radius 3 is 2.72 bits per heavy atom. The lowest BCUT2D eigenvalue weighted by Crippen LogP contribution is -2.44. The largest absolute Gasteiger partial charge is 0.497 e. The van der Waals surface area contributed by atoms with E-state index >= 15 is 0 Å². The molecular formula is C24H35N5O3. The summed E-state index contributed by atoms with van der Waals surface area (Å²) in [6.07, 6.45) is 5.42. The summed E-state index contributed by atoms with van der Waals surface area (Å²) < 4.78 is 10.7. The Labute approximate surface area is 190 Å². The molecule has 32 heavy (non-hydrogen) atoms. The highest BCUT2D eigenvalue weighted by molar-refractivity contribution is 5.79. The topological polar surface area (TPSA) is 83.7 Å². The fourth-order valence-electron chi connectivity index (χ4n) is 4.51. The molecule has 2 saturated heterocycles. The number of benzene rings is 1. The van der Waals surface area contributed by atoms with Crippen LogP contribution in [0.25, 0.3) is 11.4 Å². The van der Waals surface area contributed by atoms with Crippen molar-refractivity contribution in [2.45, 2.75) is 39.0 Å². The van der Waals surface area contributed by atoms with E-state index in [1.54, 1.807) is 7.11 Å². The van der Waals surface area contributed by atoms with Crippen molar-refractivity contribution in [3.63, 3.8) is 0 Å². The Morgan fingerprint density at radius 2 is 1.97 bits per heavy atom. The first-order chi connectivity index (χ1) is 15.6. The molecule has 0 saturated carbocycles. The van der Waals surface area contributed by atoms with Gasteiger partial charge in [-0.1, -0.05) is 12.1 Å². The first kappa shape index (κ1) is 22.6. The Bertz CT molecular complexity index is 861. The molecule has 1 atom stereocenters. The van der Waals surface area contributed by atoms with E-state index in [1.165, 1.54) is 25.9 Å². The number of methoxy groups -OCH3 is 1. The quantitative estimate of drug-likeness (QED) is 0.630. The summed E-state index contributed by atoms with van der Waals surface area (Å²) >= 11 is 0. The first-order valence-corrected chi connectivity index (χ1v) is 11.9. The predicted molar refractivity (Wildman–Crippen MR) is 124 cm³/mol. The molecule has 0 unspecified atom stereocenters. The molecule has 0 aliphatic carbocycles. The van der Waals surface area contributed by atoms with Gasteiger partial charge in [-0.15, -0.1) is 0 Å². The number of carbonyl (C=O) groups is 1. The summed E-state index contributed by atoms with van der Waals surface area (Å²) in [5, 5.41) is 7.27. The highest BCUT2D eigenvalue weighted by Gasteiger charge is 2.28. The Balaban J connectivity index is 1.24. The van der Waals surface area contributed by atoms with Gasteiger partial charge < -0.3 is 24.4 Å². The van der Waals surface area contributed by atoms with Crippen LogP contribution in [0.3, 0.4) is 0 Å². The molecule has 0 spiro atoms. The van der Waals surface area contributed by atoms with Crippen molar-refractivity contribution in [3.8, 4) is 17.1 Å². The Kier molecular flexibility index (Phi) is 7.63. The number of rotatable bonds is 8. The molecule has 1 aromatic carbocycles. The average molecular weight is 442 g/mol. The molecule has 8 nitrogen and oxygen atoms in total. The third kappa shape index (κ3) is 5.79. The maximum Gasteiger partial charge on any atom is 0.324 e. The molecule has 174 valence electrons. The molecule has 2 aromatic rings. The third-order valence-electron chi connectivity index (χ3n) is 6.65. The molecule has 0 radical (unpaired) electrons. The number of ether oxygens (including phenoxy) is 1. The maximum absolute atomic E-state index is 12.7. The van der Waals surface area contributed by atoms with Gasteiger partial charge in [-0.05, 0) is 81.9 Å². The second kappa shape index (κ2) is 10.8. The highest BCUT2D eigenvalue weighted by Crippen LogP contribution is 2.26. The molecule has 2 fully saturated rings. The summed E-state index contributed by atoms with van der Waals surface area (Å²) in [5.74, 6) is 2.27. The number of aromatic nitrogens is 2. The molecule has 3 heterocycles. The van der Waals surface area contributed by atoms with E-state index in [0.29, 0.717) is 18.4 Å². The monoisotopic (exact) mass is 441 g/mol. The summed E-state index contributed by atoms with van der Waals surface area (Å²) in [6, 6.07) is 8.04. The molecular weight excluding hydrogens is 406 g/mol. The zero-order valence-electron chi connectivity index (χ0n) is 19.3. The van der Waals surface area contributed by atoms with E-state index in [0.717, 1.165) is 56.1 Å². The molecule has 1 N–H and O–H groups in total. The highest BCUT2D eigenvalue weighted by atomic mass is 16.5. The number of piperidine rings is 2. The summed E-state index contributed by atoms with van der Waals surface area (Å²) in [7, 11) is 1.64. The minimum atomic E-state index is -0.0454. The van der Waals surface area contributed by atoms with E-state index < -0.39 is 0 Å². The van der Waals surface area contributed by atoms with Crippen molar-refractivity contribution in [2.75, 3.05) is 51.3 Å². The summed E-state index contributed by atoms with van der Waals surface area (Å²) in [4.78, 5) is 21.8. The lowest BCUT2D eigenvalue weighted by atomic mass is 9.97. The lowest BCUT2D eigenvalue weighted by molar-refractivity contribution is -0.125. The summed E-state index contributed by atoms with van der Waals surface area (Å²) in [6.45, 7) is 7.95. The molecule has 1 amide bonds. The van der Waals surface area contributed by atoms with Gasteiger partial charge in [0, 0.05) is 25.2 Å². The molecule has 4 rings (SSSR count). The lowest BCUT2D eigenvalue weighted by Gasteiger charge is -2.31. The van der Waals surface area contributed by atoms with Crippen LogP contribution in [0.4, 0.5) is 6.01 Å². The number of nitrogens with one attached hydrogen (secondary N) is 1. The standard InChI is InChI=1S/C24H35N5O3/c1-18-10-15-28(16-11-18)13-4-12-25-23(30)20-5-3-14-29(17-20)24-26-22(27-32-24)19-6-8-21(31-2)9-7-19/h6-9,18,20H,3-5,10-17H2,1-2H3,(H,25,30)/t20-/m0/s1. The van der Waals surface area contributed by atoms with Gasteiger partial charge in [0.15, 0.2) is 0 Å². The second-order valence-electron chi connectivity index (χ2n) is 9.08. The molecule has 0 bridgehead atoms. The number of anilines is 1. The maximum atomic E-state index is 12.7. The Morgan fingerprint density at radius 1 is 1.19 bits per heavy atom. The van der Waals surface area contributed by atoms with Crippen molar-refractivity contribution in [1.29, 1.82) is 0 Å². The average Bonchev–Trinajstić information content (AvgIpc) is 3.33. The second-order valence-corrected chi connectivity index (χ2v) is 9.08. The Hall–Kier alpha value is -2.61. The van der Waals surface area contributed by atoms with Crippen LogP contribution in [0.5, 0.6) is 5.75 Å². The van der Waals surface area contributed by atoms with E-state index in [2.05, 4.69) is 27.3 Å². The fraction of sp³-hybridized carbons (Fsp3) is 0.625. The van der Waals surface area contributed by atoms with Crippen LogP contribution in [-0.4, -0.2) is 67.3 Å². The SMILES string of the molecule is COc1ccc(-c2noc(N3CCC[C@H](C(=O)NCCCN4CCC(C)CC4)C3)n2)cc1. The number of likely N-dealkylation sites (tertiary alicyclic amines) is 1. The molecule has 1 aromatic heterocycles. The van der Waals surface area contributed by atoms with E-state index in [9.17, 15) is 4.79 Å². The fourth-order valence-corrected chi connectivity index (χ4v) is 4.51. The van der Waals surface area contributed by atoms with E-state index in [4.69, 9.17) is 9.26 Å². The van der Waals surface area contributed by atoms with Gasteiger partial charge in [0.1, 0.15) is 5.75 Å². The van der Waals surface area contributed by atoms with Crippen molar-refractivity contribution in [2.24, 2.45) is 11.8 Å². The molecule has 8 heteroatoms. The van der Waals surface area contributed by atoms with Crippen molar-refractivity contribution in [3.05, 3.63) is 24.3 Å². The van der Waals surface area contributed by atoms with Crippen molar-refractivity contribution < 1.29 is 14.1 Å². The van der Waals surface area contributed by atoms with Gasteiger partial charge in [-0.25, -0.2) is 0 Å². The van der Waals surface area contributed by atoms with Gasteiger partial charge in [0.25, 0.3) is 0 Å². The van der Waals surface area contributed by atoms with Gasteiger partial charge in [0.2, 0.25) is 11.7 Å². The van der Waals surface area contributed by atoms with Gasteiger partial charge in [0.05, 0.1) is 13.0 Å². The van der Waals surface area contributed by atoms with Crippen molar-refractivity contribution >= 4 is 11.9 Å². The van der Waals surface area contributed by atoms with E-state index in [1.807, 2.05) is 29.2 Å². The van der Waals surface area contributed by atoms with Crippen LogP contribution in [0.15, 0.2) is 28.8 Å². The first-order valence-electron chi connectivity index (χ1n) is 11.9. The molecule has 2 aliphatic rings. The van der Waals surface area contributed by atoms with Crippen LogP contribution in [0.2, 0.25) is 0 Å². The minimum Gasteiger partial charge on any atom is -0.497 e. The van der Waals surface area contributed by atoms with Gasteiger partial charge in [-0.2, -0.15) is 4.98 Å². The van der Waals surface area contributed by atoms with Crippen LogP contribution >= 0.6 is 0 Å². The number of nitrogens with zero attached hydrogens (tertiary/aromatic N) is 4. The van der Waals surface area contributed by atoms with Crippen molar-refractivity contribution in [1.82, 2.24) is 20.4 Å². The van der Waals surface area contributed by atoms with Crippen LogP contribution in [0, 0.1) is 11.8 Å². The normalized spacial score (nSPS) is 20.3. The molecule has 2 aliphatic heterocycles. The van der Waals surface area contributed by atoms with Gasteiger partial charge in [-0.3, -0.25) is 4.79 Å². The summed E-state index contributed by atoms with van der Waals surface area (Å²) in [5.41, 5.74) is 0.871.